The van der Waals surface area contributed by atoms with Gasteiger partial charge in [0.2, 0.25) is 5.91 Å². The number of nitrogens with zero attached hydrogens (tertiary/aromatic N) is 5. The highest BCUT2D eigenvalue weighted by molar-refractivity contribution is 5.90. The van der Waals surface area contributed by atoms with Crippen molar-refractivity contribution in [3.63, 3.8) is 0 Å². The van der Waals surface area contributed by atoms with Gasteiger partial charge in [0.05, 0.1) is 37.1 Å². The lowest BCUT2D eigenvalue weighted by atomic mass is 10.2. The zero-order valence-corrected chi connectivity index (χ0v) is 16.1. The Bertz CT molecular complexity index is 1020. The Balaban J connectivity index is 1.50. The van der Waals surface area contributed by atoms with Crippen LogP contribution in [0.15, 0.2) is 18.3 Å². The summed E-state index contributed by atoms with van der Waals surface area (Å²) in [6.07, 6.45) is 0.356. The van der Waals surface area contributed by atoms with Crippen molar-refractivity contribution in [2.75, 3.05) is 22.9 Å². The van der Waals surface area contributed by atoms with E-state index in [1.807, 2.05) is 6.07 Å². The van der Waals surface area contributed by atoms with Crippen LogP contribution in [0.2, 0.25) is 0 Å². The van der Waals surface area contributed by atoms with Crippen molar-refractivity contribution in [2.24, 2.45) is 0 Å². The van der Waals surface area contributed by atoms with Crippen LogP contribution in [0.1, 0.15) is 18.2 Å². The van der Waals surface area contributed by atoms with E-state index in [0.717, 1.165) is 22.6 Å². The number of carbonyl (C=O) groups is 2. The molecule has 1 atom stereocenters. The molecule has 0 aliphatic carbocycles. The van der Waals surface area contributed by atoms with Gasteiger partial charge in [-0.15, -0.1) is 0 Å². The van der Waals surface area contributed by atoms with Crippen molar-refractivity contribution < 1.29 is 23.1 Å². The maximum atomic E-state index is 14.8. The summed E-state index contributed by atoms with van der Waals surface area (Å²) in [4.78, 5) is 25.8. The number of amides is 2. The normalized spacial score (nSPS) is 17.7. The highest BCUT2D eigenvalue weighted by Gasteiger charge is 2.34. The van der Waals surface area contributed by atoms with E-state index in [1.165, 1.54) is 16.5 Å². The van der Waals surface area contributed by atoms with Gasteiger partial charge in [0.25, 0.3) is 0 Å². The molecule has 1 fully saturated rings. The third kappa shape index (κ3) is 3.63. The molecule has 0 spiro atoms. The first kappa shape index (κ1) is 19.6. The summed E-state index contributed by atoms with van der Waals surface area (Å²) in [5, 5.41) is 15.5. The number of ether oxygens (including phenoxy) is 1. The van der Waals surface area contributed by atoms with Crippen molar-refractivity contribution in [1.82, 2.24) is 15.1 Å². The van der Waals surface area contributed by atoms with E-state index in [-0.39, 0.29) is 50.0 Å². The van der Waals surface area contributed by atoms with Crippen LogP contribution in [0.3, 0.4) is 0 Å². The smallest absolute Gasteiger partial charge is 0.414 e. The van der Waals surface area contributed by atoms with E-state index in [1.54, 1.807) is 6.20 Å². The molecule has 30 heavy (non-hydrogen) atoms. The van der Waals surface area contributed by atoms with Gasteiger partial charge in [-0.1, -0.05) is 0 Å². The second-order valence-electron chi connectivity index (χ2n) is 7.12. The fourth-order valence-electron chi connectivity index (χ4n) is 3.63. The van der Waals surface area contributed by atoms with Crippen molar-refractivity contribution in [1.29, 1.82) is 5.26 Å². The van der Waals surface area contributed by atoms with Gasteiger partial charge in [0.1, 0.15) is 18.3 Å². The molecule has 0 saturated carbocycles. The quantitative estimate of drug-likeness (QED) is 0.795. The third-order valence-corrected chi connectivity index (χ3v) is 4.94. The predicted molar refractivity (Wildman–Crippen MR) is 100 cm³/mol. The number of hydrogen-bond donors (Lipinski definition) is 1. The van der Waals surface area contributed by atoms with Crippen LogP contribution in [-0.2, 0) is 29.2 Å². The predicted octanol–water partition coefficient (Wildman–Crippen LogP) is 1.67. The molecule has 3 heterocycles. The second-order valence-corrected chi connectivity index (χ2v) is 7.12. The molecule has 156 valence electrons. The Morgan fingerprint density at radius 3 is 2.73 bits per heavy atom. The topological polar surface area (TPSA) is 103 Å². The summed E-state index contributed by atoms with van der Waals surface area (Å²) in [6, 6.07) is 4.17. The maximum absolute atomic E-state index is 14.8. The summed E-state index contributed by atoms with van der Waals surface area (Å²) in [7, 11) is 0. The molecular weight excluding hydrogens is 398 g/mol. The Kier molecular flexibility index (Phi) is 4.99. The number of fused-ring (bicyclic) bond motifs is 1. The van der Waals surface area contributed by atoms with Crippen LogP contribution < -0.4 is 15.1 Å². The number of cyclic esters (lactones) is 1. The van der Waals surface area contributed by atoms with Gasteiger partial charge < -0.3 is 15.0 Å². The molecule has 1 saturated heterocycles. The zero-order chi connectivity index (χ0) is 21.4. The van der Waals surface area contributed by atoms with E-state index < -0.39 is 23.8 Å². The van der Waals surface area contributed by atoms with Gasteiger partial charge in [-0.2, -0.15) is 10.4 Å². The molecule has 2 aliphatic rings. The van der Waals surface area contributed by atoms with Crippen LogP contribution in [0.5, 0.6) is 0 Å². The number of nitriles is 1. The summed E-state index contributed by atoms with van der Waals surface area (Å²) in [5.41, 5.74) is 1.31. The molecule has 0 bridgehead atoms. The average Bonchev–Trinajstić information content (AvgIpc) is 3.32. The first-order chi connectivity index (χ1) is 14.4. The first-order valence-corrected chi connectivity index (χ1v) is 9.24. The van der Waals surface area contributed by atoms with Gasteiger partial charge >= 0.3 is 6.09 Å². The lowest BCUT2D eigenvalue weighted by Crippen LogP contribution is -2.33. The molecule has 4 rings (SSSR count). The van der Waals surface area contributed by atoms with Gasteiger partial charge in [-0.25, -0.2) is 13.6 Å². The SMILES string of the molecule is CC(=O)NC[C@H]1CN(c2cc(F)c(N3Cc4cn(CC#N)nc4C3)c(F)c2)C(=O)O1. The van der Waals surface area contributed by atoms with Crippen molar-refractivity contribution in [3.05, 3.63) is 41.2 Å². The summed E-state index contributed by atoms with van der Waals surface area (Å²) in [5.74, 6) is -1.88. The summed E-state index contributed by atoms with van der Waals surface area (Å²) in [6.45, 7) is 2.12. The largest absolute Gasteiger partial charge is 0.442 e. The molecule has 0 radical (unpaired) electrons. The summed E-state index contributed by atoms with van der Waals surface area (Å²) >= 11 is 0. The van der Waals surface area contributed by atoms with E-state index >= 15 is 0 Å². The monoisotopic (exact) mass is 416 g/mol. The molecule has 1 aromatic carbocycles. The van der Waals surface area contributed by atoms with Crippen molar-refractivity contribution in [2.45, 2.75) is 32.7 Å². The van der Waals surface area contributed by atoms with Crippen LogP contribution >= 0.6 is 0 Å². The van der Waals surface area contributed by atoms with E-state index in [2.05, 4.69) is 10.4 Å². The minimum Gasteiger partial charge on any atom is -0.442 e. The van der Waals surface area contributed by atoms with Crippen molar-refractivity contribution in [3.8, 4) is 6.07 Å². The second kappa shape index (κ2) is 7.62. The highest BCUT2D eigenvalue weighted by atomic mass is 19.1. The number of benzene rings is 1. The van der Waals surface area contributed by atoms with E-state index in [9.17, 15) is 18.4 Å². The summed E-state index contributed by atoms with van der Waals surface area (Å²) < 4.78 is 36.3. The van der Waals surface area contributed by atoms with E-state index in [4.69, 9.17) is 10.00 Å². The van der Waals surface area contributed by atoms with Gasteiger partial charge in [0, 0.05) is 37.4 Å². The van der Waals surface area contributed by atoms with Gasteiger partial charge in [-0.05, 0) is 0 Å². The van der Waals surface area contributed by atoms with Crippen molar-refractivity contribution >= 4 is 23.4 Å². The standard InChI is InChI=1S/C19H18F2N6O3/c1-11(28)23-6-14-9-27(19(29)30-14)13-4-15(20)18(16(21)5-13)25-7-12-8-26(3-2-22)24-17(12)10-25/h4-5,8,14H,3,6-7,9-10H2,1H3,(H,23,28)/t14-/m0/s1. The van der Waals surface area contributed by atoms with Crippen LogP contribution in [0.25, 0.3) is 0 Å². The minimum absolute atomic E-state index is 0.0419. The molecule has 2 aliphatic heterocycles. The Morgan fingerprint density at radius 1 is 1.37 bits per heavy atom. The first-order valence-electron chi connectivity index (χ1n) is 9.24. The number of anilines is 2. The fraction of sp³-hybridized carbons (Fsp3) is 0.368. The molecule has 1 N–H and O–H groups in total. The van der Waals surface area contributed by atoms with Crippen LogP contribution in [0.4, 0.5) is 25.0 Å². The molecule has 1 aromatic heterocycles. The number of carbonyl (C=O) groups excluding carboxylic acids is 2. The number of aromatic nitrogens is 2. The van der Waals surface area contributed by atoms with E-state index in [0.29, 0.717) is 5.69 Å². The minimum atomic E-state index is -0.807. The number of nitrogens with one attached hydrogen (secondary N) is 1. The molecule has 11 heteroatoms. The zero-order valence-electron chi connectivity index (χ0n) is 16.1. The fourth-order valence-corrected chi connectivity index (χ4v) is 3.63. The Labute approximate surface area is 170 Å². The maximum Gasteiger partial charge on any atom is 0.414 e. The number of hydrogen-bond acceptors (Lipinski definition) is 6. The Morgan fingerprint density at radius 2 is 2.10 bits per heavy atom. The van der Waals surface area contributed by atoms with Crippen LogP contribution in [-0.4, -0.2) is 41.0 Å². The number of halogens is 2. The van der Waals surface area contributed by atoms with Gasteiger partial charge in [0.15, 0.2) is 11.6 Å². The highest BCUT2D eigenvalue weighted by Crippen LogP contribution is 2.35. The lowest BCUT2D eigenvalue weighted by Gasteiger charge is -2.21. The van der Waals surface area contributed by atoms with Crippen LogP contribution in [0, 0.1) is 23.0 Å². The molecule has 2 amide bonds. The lowest BCUT2D eigenvalue weighted by molar-refractivity contribution is -0.119. The molecule has 2 aromatic rings. The third-order valence-electron chi connectivity index (χ3n) is 4.94. The molecular formula is C19H18F2N6O3. The molecule has 9 nitrogen and oxygen atoms in total. The van der Waals surface area contributed by atoms with Gasteiger partial charge in [-0.3, -0.25) is 14.4 Å². The number of rotatable bonds is 5. The molecule has 0 unspecified atom stereocenters. The average molecular weight is 416 g/mol. The Hall–Kier alpha value is -3.68.